The van der Waals surface area contributed by atoms with Crippen LogP contribution in [0.1, 0.15) is 30.3 Å². The van der Waals surface area contributed by atoms with Gasteiger partial charge in [0.1, 0.15) is 6.04 Å². The molecule has 3 aromatic rings. The second kappa shape index (κ2) is 8.46. The van der Waals surface area contributed by atoms with Crippen LogP contribution < -0.4 is 0 Å². The Balaban J connectivity index is 1.57. The van der Waals surface area contributed by atoms with Crippen LogP contribution in [0.3, 0.4) is 0 Å². The number of likely N-dealkylation sites (tertiary alicyclic amines) is 1. The average Bonchev–Trinajstić information content (AvgIpc) is 3.41. The van der Waals surface area contributed by atoms with E-state index in [0.29, 0.717) is 11.7 Å². The van der Waals surface area contributed by atoms with Crippen molar-refractivity contribution in [1.29, 1.82) is 0 Å². The molecule has 0 spiro atoms. The Kier molecular flexibility index (Phi) is 5.61. The highest BCUT2D eigenvalue weighted by Crippen LogP contribution is 2.28. The van der Waals surface area contributed by atoms with Crippen LogP contribution in [0.5, 0.6) is 0 Å². The molecule has 5 nitrogen and oxygen atoms in total. The minimum Gasteiger partial charge on any atom is -0.337 e. The predicted octanol–water partition coefficient (Wildman–Crippen LogP) is 3.85. The monoisotopic (exact) mass is 362 g/mol. The molecule has 0 radical (unpaired) electrons. The Hall–Kier alpha value is -2.50. The van der Waals surface area contributed by atoms with Gasteiger partial charge in [-0.3, -0.25) is 4.90 Å². The summed E-state index contributed by atoms with van der Waals surface area (Å²) in [6.07, 6.45) is 2.63. The molecule has 0 bridgehead atoms. The average molecular weight is 362 g/mol. The lowest BCUT2D eigenvalue weighted by atomic mass is 10.1. The van der Waals surface area contributed by atoms with E-state index in [-0.39, 0.29) is 6.04 Å². The quantitative estimate of drug-likeness (QED) is 0.639. The maximum absolute atomic E-state index is 5.71. The summed E-state index contributed by atoms with van der Waals surface area (Å²) in [5, 5.41) is 4.23. The van der Waals surface area contributed by atoms with Crippen LogP contribution in [-0.2, 0) is 0 Å². The maximum Gasteiger partial charge on any atom is 0.248 e. The van der Waals surface area contributed by atoms with E-state index in [9.17, 15) is 0 Å². The molecule has 1 aliphatic rings. The minimum atomic E-state index is -0.0428. The summed E-state index contributed by atoms with van der Waals surface area (Å²) >= 11 is 0. The Morgan fingerprint density at radius 1 is 1.00 bits per heavy atom. The molecule has 2 heterocycles. The van der Waals surface area contributed by atoms with Crippen molar-refractivity contribution in [3.8, 4) is 11.4 Å². The largest absolute Gasteiger partial charge is 0.337 e. The zero-order chi connectivity index (χ0) is 18.5. The molecule has 1 fully saturated rings. The van der Waals surface area contributed by atoms with Crippen molar-refractivity contribution in [2.45, 2.75) is 18.9 Å². The smallest absolute Gasteiger partial charge is 0.248 e. The molecule has 1 aromatic heterocycles. The zero-order valence-corrected chi connectivity index (χ0v) is 15.8. The van der Waals surface area contributed by atoms with Crippen LogP contribution in [0.2, 0.25) is 0 Å². The molecule has 1 unspecified atom stereocenters. The first-order chi connectivity index (χ1) is 13.3. The summed E-state index contributed by atoms with van der Waals surface area (Å²) in [6.45, 7) is 4.45. The van der Waals surface area contributed by atoms with Gasteiger partial charge >= 0.3 is 0 Å². The van der Waals surface area contributed by atoms with Crippen molar-refractivity contribution < 1.29 is 4.52 Å². The molecule has 1 aliphatic heterocycles. The van der Waals surface area contributed by atoms with Crippen molar-refractivity contribution in [3.05, 3.63) is 72.1 Å². The topological polar surface area (TPSA) is 45.4 Å². The molecule has 140 valence electrons. The number of aromatic nitrogens is 2. The molecule has 0 amide bonds. The van der Waals surface area contributed by atoms with E-state index in [1.54, 1.807) is 0 Å². The van der Waals surface area contributed by atoms with Gasteiger partial charge in [-0.15, -0.1) is 0 Å². The molecule has 0 saturated carbocycles. The van der Waals surface area contributed by atoms with Crippen molar-refractivity contribution >= 4 is 0 Å². The van der Waals surface area contributed by atoms with Gasteiger partial charge in [0, 0.05) is 18.7 Å². The van der Waals surface area contributed by atoms with Gasteiger partial charge in [-0.2, -0.15) is 4.98 Å². The highest BCUT2D eigenvalue weighted by Gasteiger charge is 2.26. The van der Waals surface area contributed by atoms with Gasteiger partial charge in [0.05, 0.1) is 0 Å². The number of hydrogen-bond donors (Lipinski definition) is 0. The molecule has 0 N–H and O–H groups in total. The first-order valence-electron chi connectivity index (χ1n) is 9.68. The van der Waals surface area contributed by atoms with E-state index in [0.717, 1.165) is 18.7 Å². The van der Waals surface area contributed by atoms with Crippen LogP contribution in [0, 0.1) is 0 Å². The van der Waals surface area contributed by atoms with Gasteiger partial charge in [-0.25, -0.2) is 0 Å². The summed E-state index contributed by atoms with van der Waals surface area (Å²) in [5.41, 5.74) is 2.14. The number of nitrogens with zero attached hydrogens (tertiary/aromatic N) is 4. The van der Waals surface area contributed by atoms with Gasteiger partial charge in [-0.05, 0) is 38.5 Å². The van der Waals surface area contributed by atoms with Gasteiger partial charge in [0.25, 0.3) is 0 Å². The zero-order valence-electron chi connectivity index (χ0n) is 15.8. The Labute approximate surface area is 160 Å². The van der Waals surface area contributed by atoms with Gasteiger partial charge in [0.2, 0.25) is 11.7 Å². The van der Waals surface area contributed by atoms with Crippen LogP contribution in [-0.4, -0.2) is 53.2 Å². The second-order valence-electron chi connectivity index (χ2n) is 7.16. The van der Waals surface area contributed by atoms with E-state index < -0.39 is 0 Å². The minimum absolute atomic E-state index is 0.0428. The van der Waals surface area contributed by atoms with Crippen LogP contribution >= 0.6 is 0 Å². The number of benzene rings is 2. The van der Waals surface area contributed by atoms with E-state index in [4.69, 9.17) is 9.51 Å². The van der Waals surface area contributed by atoms with Crippen LogP contribution in [0.4, 0.5) is 0 Å². The second-order valence-corrected chi connectivity index (χ2v) is 7.16. The first-order valence-corrected chi connectivity index (χ1v) is 9.68. The molecule has 27 heavy (non-hydrogen) atoms. The van der Waals surface area contributed by atoms with Gasteiger partial charge < -0.3 is 9.42 Å². The molecule has 0 aliphatic carbocycles. The Morgan fingerprint density at radius 2 is 1.67 bits per heavy atom. The fourth-order valence-electron chi connectivity index (χ4n) is 3.71. The molecule has 2 aromatic carbocycles. The fourth-order valence-corrected chi connectivity index (χ4v) is 3.71. The van der Waals surface area contributed by atoms with E-state index in [1.165, 1.54) is 31.5 Å². The van der Waals surface area contributed by atoms with Crippen molar-refractivity contribution in [2.24, 2.45) is 0 Å². The van der Waals surface area contributed by atoms with E-state index >= 15 is 0 Å². The van der Waals surface area contributed by atoms with Crippen molar-refractivity contribution in [2.75, 3.05) is 33.2 Å². The maximum atomic E-state index is 5.71. The standard InChI is InChI=1S/C22H26N4O/c1-25(16-17-26-14-8-9-15-26)20(18-10-4-2-5-11-18)22-23-21(24-27-22)19-12-6-3-7-13-19/h2-7,10-13,20H,8-9,14-17H2,1H3. The first kappa shape index (κ1) is 17.9. The lowest BCUT2D eigenvalue weighted by Crippen LogP contribution is -2.34. The summed E-state index contributed by atoms with van der Waals surface area (Å²) in [6, 6.07) is 20.3. The van der Waals surface area contributed by atoms with Gasteiger partial charge in [-0.1, -0.05) is 65.8 Å². The van der Waals surface area contributed by atoms with Crippen LogP contribution in [0.15, 0.2) is 65.2 Å². The third-order valence-electron chi connectivity index (χ3n) is 5.23. The number of hydrogen-bond acceptors (Lipinski definition) is 5. The summed E-state index contributed by atoms with van der Waals surface area (Å²) in [7, 11) is 2.14. The SMILES string of the molecule is CN(CCN1CCCC1)C(c1ccccc1)c1nc(-c2ccccc2)no1. The predicted molar refractivity (Wildman–Crippen MR) is 106 cm³/mol. The molecule has 5 heteroatoms. The van der Waals surface area contributed by atoms with Gasteiger partial charge in [0.15, 0.2) is 0 Å². The molecular formula is C22H26N4O. The highest BCUT2D eigenvalue weighted by molar-refractivity contribution is 5.53. The molecule has 4 rings (SSSR count). The third-order valence-corrected chi connectivity index (χ3v) is 5.23. The lowest BCUT2D eigenvalue weighted by molar-refractivity contribution is 0.197. The summed E-state index contributed by atoms with van der Waals surface area (Å²) in [4.78, 5) is 9.57. The van der Waals surface area contributed by atoms with E-state index in [2.05, 4.69) is 46.3 Å². The summed E-state index contributed by atoms with van der Waals surface area (Å²) in [5.74, 6) is 1.28. The van der Waals surface area contributed by atoms with Crippen molar-refractivity contribution in [3.63, 3.8) is 0 Å². The summed E-state index contributed by atoms with van der Waals surface area (Å²) < 4.78 is 5.71. The Bertz CT molecular complexity index is 828. The Morgan fingerprint density at radius 3 is 2.37 bits per heavy atom. The third kappa shape index (κ3) is 4.26. The highest BCUT2D eigenvalue weighted by atomic mass is 16.5. The fraction of sp³-hybridized carbons (Fsp3) is 0.364. The molecule has 1 saturated heterocycles. The number of likely N-dealkylation sites (N-methyl/N-ethyl adjacent to an activating group) is 1. The normalized spacial score (nSPS) is 16.1. The van der Waals surface area contributed by atoms with Crippen LogP contribution in [0.25, 0.3) is 11.4 Å². The van der Waals surface area contributed by atoms with Crippen molar-refractivity contribution in [1.82, 2.24) is 19.9 Å². The molecule has 1 atom stereocenters. The number of rotatable bonds is 7. The van der Waals surface area contributed by atoms with E-state index in [1.807, 2.05) is 36.4 Å². The lowest BCUT2D eigenvalue weighted by Gasteiger charge is -2.27. The molecular weight excluding hydrogens is 336 g/mol.